The van der Waals surface area contributed by atoms with Gasteiger partial charge >= 0.3 is 0 Å². The molecule has 0 unspecified atom stereocenters. The zero-order valence-electron chi connectivity index (χ0n) is 20.0. The minimum absolute atomic E-state index is 0.0331. The quantitative estimate of drug-likeness (QED) is 0.182. The van der Waals surface area contributed by atoms with Crippen molar-refractivity contribution >= 4 is 58.6 Å². The van der Waals surface area contributed by atoms with Gasteiger partial charge in [-0.2, -0.15) is 0 Å². The minimum atomic E-state index is -0.533. The van der Waals surface area contributed by atoms with E-state index in [1.807, 2.05) is 6.07 Å². The second-order valence-corrected chi connectivity index (χ2v) is 9.09. The first-order valence-corrected chi connectivity index (χ1v) is 12.4. The van der Waals surface area contributed by atoms with E-state index in [-0.39, 0.29) is 11.5 Å². The molecule has 0 saturated carbocycles. The Morgan fingerprint density at radius 2 is 1.29 bits per heavy atom. The van der Waals surface area contributed by atoms with Crippen molar-refractivity contribution in [1.29, 1.82) is 0 Å². The number of allylic oxidation sites excluding steroid dienone is 1. The number of carbonyl (C=O) groups excluding carboxylic acids is 3. The third-order valence-corrected chi connectivity index (χ3v) is 5.86. The van der Waals surface area contributed by atoms with Gasteiger partial charge in [-0.1, -0.05) is 71.7 Å². The molecule has 2 amide bonds. The van der Waals surface area contributed by atoms with E-state index in [1.165, 1.54) is 6.08 Å². The zero-order valence-corrected chi connectivity index (χ0v) is 21.5. The topological polar surface area (TPSA) is 75.3 Å². The predicted molar refractivity (Wildman–Crippen MR) is 153 cm³/mol. The Kier molecular flexibility index (Phi) is 8.88. The first kappa shape index (κ1) is 26.6. The number of nitrogens with one attached hydrogen (secondary N) is 2. The van der Waals surface area contributed by atoms with Gasteiger partial charge in [0.2, 0.25) is 0 Å². The molecule has 0 atom stereocenters. The molecule has 5 nitrogen and oxygen atoms in total. The number of hydrogen-bond donors (Lipinski definition) is 2. The maximum absolute atomic E-state index is 13.2. The van der Waals surface area contributed by atoms with Crippen molar-refractivity contribution in [2.45, 2.75) is 0 Å². The van der Waals surface area contributed by atoms with Gasteiger partial charge in [0.15, 0.2) is 5.78 Å². The Morgan fingerprint density at radius 3 is 1.95 bits per heavy atom. The Hall–Kier alpha value is -4.45. The molecule has 188 valence electrons. The van der Waals surface area contributed by atoms with Crippen LogP contribution in [0.1, 0.15) is 31.8 Å². The van der Waals surface area contributed by atoms with Crippen molar-refractivity contribution in [3.8, 4) is 0 Å². The monoisotopic (exact) mass is 540 g/mol. The molecule has 2 N–H and O–H groups in total. The third kappa shape index (κ3) is 7.53. The molecule has 4 rings (SSSR count). The molecule has 0 bridgehead atoms. The zero-order chi connectivity index (χ0) is 26.9. The van der Waals surface area contributed by atoms with E-state index < -0.39 is 11.8 Å². The summed E-state index contributed by atoms with van der Waals surface area (Å²) < 4.78 is 0. The van der Waals surface area contributed by atoms with Crippen LogP contribution in [0, 0.1) is 0 Å². The lowest BCUT2D eigenvalue weighted by Crippen LogP contribution is -2.30. The average Bonchev–Trinajstić information content (AvgIpc) is 2.92. The lowest BCUT2D eigenvalue weighted by atomic mass is 10.1. The highest BCUT2D eigenvalue weighted by molar-refractivity contribution is 6.31. The molecule has 0 aliphatic rings. The van der Waals surface area contributed by atoms with Gasteiger partial charge in [0.1, 0.15) is 5.70 Å². The normalized spacial score (nSPS) is 11.3. The van der Waals surface area contributed by atoms with Gasteiger partial charge in [-0.25, -0.2) is 0 Å². The molecule has 0 fully saturated rings. The van der Waals surface area contributed by atoms with Crippen molar-refractivity contribution in [3.63, 3.8) is 0 Å². The molecule has 0 aliphatic carbocycles. The number of benzene rings is 4. The largest absolute Gasteiger partial charge is 0.321 e. The summed E-state index contributed by atoms with van der Waals surface area (Å²) in [7, 11) is 0. The average molecular weight is 541 g/mol. The molecule has 0 saturated heterocycles. The SMILES string of the molecule is O=C(Nc1ccc(C(=O)/C=C/c2cccc(Cl)c2)cc1)/C(=C/c1cccc(Cl)c1)NC(=O)c1ccccc1. The number of rotatable bonds is 8. The smallest absolute Gasteiger partial charge is 0.272 e. The van der Waals surface area contributed by atoms with Crippen molar-refractivity contribution in [3.05, 3.63) is 147 Å². The van der Waals surface area contributed by atoms with Crippen molar-refractivity contribution in [1.82, 2.24) is 5.32 Å². The summed E-state index contributed by atoms with van der Waals surface area (Å²) in [6, 6.07) is 29.1. The Morgan fingerprint density at radius 1 is 0.658 bits per heavy atom. The molecule has 0 radical (unpaired) electrons. The minimum Gasteiger partial charge on any atom is -0.321 e. The lowest BCUT2D eigenvalue weighted by molar-refractivity contribution is -0.113. The van der Waals surface area contributed by atoms with Gasteiger partial charge in [0.25, 0.3) is 11.8 Å². The molecule has 0 heterocycles. The summed E-state index contributed by atoms with van der Waals surface area (Å²) >= 11 is 12.1. The standard InChI is InChI=1S/C31H22Cl2N2O3/c32-25-10-4-6-21(18-25)12-17-29(36)23-13-15-27(16-14-23)34-31(38)28(20-22-7-5-11-26(33)19-22)35-30(37)24-8-2-1-3-9-24/h1-20H,(H,34,38)(H,35,37)/b17-12+,28-20-. The van der Waals surface area contributed by atoms with E-state index in [2.05, 4.69) is 10.6 Å². The van der Waals surface area contributed by atoms with Crippen LogP contribution in [0.2, 0.25) is 10.0 Å². The molecule has 0 spiro atoms. The van der Waals surface area contributed by atoms with Crippen LogP contribution < -0.4 is 10.6 Å². The van der Waals surface area contributed by atoms with Crippen LogP contribution in [-0.4, -0.2) is 17.6 Å². The van der Waals surface area contributed by atoms with Crippen LogP contribution in [0.25, 0.3) is 12.2 Å². The van der Waals surface area contributed by atoms with Gasteiger partial charge in [0.05, 0.1) is 0 Å². The second-order valence-electron chi connectivity index (χ2n) is 8.22. The third-order valence-electron chi connectivity index (χ3n) is 5.39. The van der Waals surface area contributed by atoms with Crippen LogP contribution >= 0.6 is 23.2 Å². The van der Waals surface area contributed by atoms with Gasteiger partial charge in [-0.15, -0.1) is 0 Å². The van der Waals surface area contributed by atoms with Crippen molar-refractivity contribution in [2.24, 2.45) is 0 Å². The molecule has 38 heavy (non-hydrogen) atoms. The van der Waals surface area contributed by atoms with E-state index in [0.717, 1.165) is 5.56 Å². The van der Waals surface area contributed by atoms with Crippen LogP contribution in [0.15, 0.2) is 115 Å². The highest BCUT2D eigenvalue weighted by atomic mass is 35.5. The molecular formula is C31H22Cl2N2O3. The van der Waals surface area contributed by atoms with E-state index in [9.17, 15) is 14.4 Å². The molecule has 4 aromatic rings. The van der Waals surface area contributed by atoms with Crippen molar-refractivity contribution < 1.29 is 14.4 Å². The Bertz CT molecular complexity index is 1530. The number of amides is 2. The molecular weight excluding hydrogens is 519 g/mol. The van der Waals surface area contributed by atoms with Crippen molar-refractivity contribution in [2.75, 3.05) is 5.32 Å². The number of halogens is 2. The fourth-order valence-electron chi connectivity index (χ4n) is 3.50. The molecule has 0 aliphatic heterocycles. The van der Waals surface area contributed by atoms with E-state index in [4.69, 9.17) is 23.2 Å². The van der Waals surface area contributed by atoms with Gasteiger partial charge in [0, 0.05) is 26.9 Å². The fourth-order valence-corrected chi connectivity index (χ4v) is 3.90. The molecule has 0 aromatic heterocycles. The first-order chi connectivity index (χ1) is 18.4. The Labute approximate surface area is 230 Å². The summed E-state index contributed by atoms with van der Waals surface area (Å²) in [5, 5.41) is 6.53. The summed E-state index contributed by atoms with van der Waals surface area (Å²) in [4.78, 5) is 38.5. The van der Waals surface area contributed by atoms with E-state index >= 15 is 0 Å². The lowest BCUT2D eigenvalue weighted by Gasteiger charge is -2.12. The summed E-state index contributed by atoms with van der Waals surface area (Å²) in [5.41, 5.74) is 2.80. The number of anilines is 1. The maximum Gasteiger partial charge on any atom is 0.272 e. The van der Waals surface area contributed by atoms with Crippen LogP contribution in [0.3, 0.4) is 0 Å². The van der Waals surface area contributed by atoms with E-state index in [0.29, 0.717) is 32.4 Å². The van der Waals surface area contributed by atoms with Crippen LogP contribution in [0.5, 0.6) is 0 Å². The van der Waals surface area contributed by atoms with E-state index in [1.54, 1.807) is 109 Å². The van der Waals surface area contributed by atoms with Gasteiger partial charge in [-0.05, 0) is 83.9 Å². The molecule has 7 heteroatoms. The number of carbonyl (C=O) groups is 3. The van der Waals surface area contributed by atoms with Crippen LogP contribution in [0.4, 0.5) is 5.69 Å². The second kappa shape index (κ2) is 12.7. The number of ketones is 1. The highest BCUT2D eigenvalue weighted by Crippen LogP contribution is 2.17. The maximum atomic E-state index is 13.2. The van der Waals surface area contributed by atoms with Gasteiger partial charge < -0.3 is 10.6 Å². The van der Waals surface area contributed by atoms with Gasteiger partial charge in [-0.3, -0.25) is 14.4 Å². The summed E-state index contributed by atoms with van der Waals surface area (Å²) in [6.07, 6.45) is 4.69. The Balaban J connectivity index is 1.49. The number of hydrogen-bond acceptors (Lipinski definition) is 3. The predicted octanol–water partition coefficient (Wildman–Crippen LogP) is 7.30. The van der Waals surface area contributed by atoms with Crippen LogP contribution in [-0.2, 0) is 4.79 Å². The highest BCUT2D eigenvalue weighted by Gasteiger charge is 2.15. The summed E-state index contributed by atoms with van der Waals surface area (Å²) in [6.45, 7) is 0. The summed E-state index contributed by atoms with van der Waals surface area (Å²) in [5.74, 6) is -1.16. The fraction of sp³-hybridized carbons (Fsp3) is 0. The first-order valence-electron chi connectivity index (χ1n) is 11.6. The molecule has 4 aromatic carbocycles.